The van der Waals surface area contributed by atoms with E-state index in [9.17, 15) is 14.7 Å². The zero-order chi connectivity index (χ0) is 18.1. The van der Waals surface area contributed by atoms with Gasteiger partial charge in [0.15, 0.2) is 0 Å². The van der Waals surface area contributed by atoms with E-state index in [2.05, 4.69) is 15.5 Å². The third-order valence-corrected chi connectivity index (χ3v) is 4.10. The van der Waals surface area contributed by atoms with Crippen LogP contribution in [-0.2, 0) is 4.79 Å². The van der Waals surface area contributed by atoms with Crippen molar-refractivity contribution in [1.29, 1.82) is 0 Å². The van der Waals surface area contributed by atoms with Gasteiger partial charge in [0.1, 0.15) is 11.4 Å². The molecule has 1 aliphatic heterocycles. The van der Waals surface area contributed by atoms with Gasteiger partial charge in [0.2, 0.25) is 0 Å². The van der Waals surface area contributed by atoms with Crippen LogP contribution >= 0.6 is 0 Å². The molecule has 0 saturated carbocycles. The number of carbonyl (C=O) groups excluding carboxylic acids is 2. The Bertz CT molecular complexity index is 1030. The molecule has 3 aromatic rings. The first-order valence-electron chi connectivity index (χ1n) is 7.97. The van der Waals surface area contributed by atoms with Crippen LogP contribution in [0.25, 0.3) is 10.8 Å². The van der Waals surface area contributed by atoms with E-state index in [1.807, 2.05) is 30.3 Å². The van der Waals surface area contributed by atoms with Crippen molar-refractivity contribution < 1.29 is 14.7 Å². The molecule has 1 saturated heterocycles. The highest BCUT2D eigenvalue weighted by atomic mass is 16.3. The first-order chi connectivity index (χ1) is 12.6. The van der Waals surface area contributed by atoms with Crippen molar-refractivity contribution in [2.24, 2.45) is 10.2 Å². The predicted molar refractivity (Wildman–Crippen MR) is 97.1 cm³/mol. The summed E-state index contributed by atoms with van der Waals surface area (Å²) in [6.07, 6.45) is 0. The summed E-state index contributed by atoms with van der Waals surface area (Å²) >= 11 is 0. The second-order valence-electron chi connectivity index (χ2n) is 5.76. The number of nitrogens with one attached hydrogen (secondary N) is 1. The maximum absolute atomic E-state index is 11.7. The number of imide groups is 1. The lowest BCUT2D eigenvalue weighted by molar-refractivity contribution is -0.115. The van der Waals surface area contributed by atoms with E-state index < -0.39 is 6.03 Å². The number of amides is 3. The quantitative estimate of drug-likeness (QED) is 0.554. The number of fused-ring (bicyclic) bond motifs is 1. The zero-order valence-electron chi connectivity index (χ0n) is 13.6. The second kappa shape index (κ2) is 6.29. The minimum atomic E-state index is -0.440. The highest BCUT2D eigenvalue weighted by Crippen LogP contribution is 2.36. The summed E-state index contributed by atoms with van der Waals surface area (Å²) in [6, 6.07) is 17.1. The minimum absolute atomic E-state index is 0.000646. The molecule has 0 aromatic heterocycles. The van der Waals surface area contributed by atoms with Crippen LogP contribution in [0.1, 0.15) is 0 Å². The molecular weight excluding hydrogens is 332 g/mol. The molecule has 0 bridgehead atoms. The smallest absolute Gasteiger partial charge is 0.329 e. The number of carbonyl (C=O) groups is 2. The summed E-state index contributed by atoms with van der Waals surface area (Å²) in [5.74, 6) is -0.256. The van der Waals surface area contributed by atoms with Crippen molar-refractivity contribution in [3.8, 4) is 5.75 Å². The van der Waals surface area contributed by atoms with E-state index in [-0.39, 0.29) is 18.2 Å². The van der Waals surface area contributed by atoms with Crippen LogP contribution in [0.2, 0.25) is 0 Å². The van der Waals surface area contributed by atoms with E-state index in [0.29, 0.717) is 17.1 Å². The van der Waals surface area contributed by atoms with Gasteiger partial charge in [-0.25, -0.2) is 9.69 Å². The van der Waals surface area contributed by atoms with Crippen LogP contribution in [0.15, 0.2) is 70.9 Å². The molecule has 7 heteroatoms. The topological polar surface area (TPSA) is 94.4 Å². The van der Waals surface area contributed by atoms with Crippen LogP contribution < -0.4 is 10.2 Å². The highest BCUT2D eigenvalue weighted by molar-refractivity contribution is 6.19. The fourth-order valence-corrected chi connectivity index (χ4v) is 2.81. The van der Waals surface area contributed by atoms with Gasteiger partial charge in [-0.15, -0.1) is 5.11 Å². The molecular formula is C19H14N4O3. The number of azo groups is 1. The Kier molecular flexibility index (Phi) is 3.81. The standard InChI is InChI=1S/C19H14N4O3/c24-16-10-5-12-3-1-2-4-15(12)18(16)22-21-13-6-8-14(9-7-13)23-17(25)11-20-19(23)26/h1-10,24H,11H2,(H,20,26). The third kappa shape index (κ3) is 2.75. The molecule has 26 heavy (non-hydrogen) atoms. The Hall–Kier alpha value is -3.74. The van der Waals surface area contributed by atoms with E-state index >= 15 is 0 Å². The SMILES string of the molecule is O=C1CNC(=O)N1c1ccc(N=Nc2c(O)ccc3ccccc23)cc1. The Morgan fingerprint density at radius 1 is 0.923 bits per heavy atom. The third-order valence-electron chi connectivity index (χ3n) is 4.10. The Morgan fingerprint density at radius 3 is 2.42 bits per heavy atom. The maximum Gasteiger partial charge on any atom is 0.329 e. The van der Waals surface area contributed by atoms with Crippen molar-refractivity contribution in [3.63, 3.8) is 0 Å². The number of benzene rings is 3. The largest absolute Gasteiger partial charge is 0.506 e. The Balaban J connectivity index is 1.63. The fraction of sp³-hybridized carbons (Fsp3) is 0.0526. The number of aromatic hydroxyl groups is 1. The first kappa shape index (κ1) is 15.8. The molecule has 0 aliphatic carbocycles. The zero-order valence-corrected chi connectivity index (χ0v) is 13.6. The van der Waals surface area contributed by atoms with Crippen molar-refractivity contribution in [3.05, 3.63) is 60.7 Å². The van der Waals surface area contributed by atoms with Crippen molar-refractivity contribution in [2.75, 3.05) is 11.4 Å². The van der Waals surface area contributed by atoms with E-state index in [4.69, 9.17) is 0 Å². The van der Waals surface area contributed by atoms with Crippen molar-refractivity contribution in [1.82, 2.24) is 5.32 Å². The molecule has 0 unspecified atom stereocenters. The average Bonchev–Trinajstić information content (AvgIpc) is 3.00. The number of rotatable bonds is 3. The lowest BCUT2D eigenvalue weighted by atomic mass is 10.1. The summed E-state index contributed by atoms with van der Waals surface area (Å²) in [4.78, 5) is 24.5. The molecule has 0 spiro atoms. The van der Waals surface area contributed by atoms with Crippen LogP contribution in [-0.4, -0.2) is 23.6 Å². The monoisotopic (exact) mass is 346 g/mol. The minimum Gasteiger partial charge on any atom is -0.506 e. The van der Waals surface area contributed by atoms with Gasteiger partial charge in [-0.05, 0) is 35.7 Å². The maximum atomic E-state index is 11.7. The lowest BCUT2D eigenvalue weighted by Gasteiger charge is -2.11. The summed E-state index contributed by atoms with van der Waals surface area (Å²) in [7, 11) is 0. The molecule has 7 nitrogen and oxygen atoms in total. The number of hydrogen-bond acceptors (Lipinski definition) is 5. The molecule has 4 rings (SSSR count). The van der Waals surface area contributed by atoms with Gasteiger partial charge in [0.05, 0.1) is 17.9 Å². The van der Waals surface area contributed by atoms with Crippen LogP contribution in [0, 0.1) is 0 Å². The molecule has 128 valence electrons. The molecule has 1 heterocycles. The van der Waals surface area contributed by atoms with Crippen LogP contribution in [0.5, 0.6) is 5.75 Å². The molecule has 0 atom stereocenters. The normalized spacial score (nSPS) is 14.4. The average molecular weight is 346 g/mol. The van der Waals surface area contributed by atoms with Gasteiger partial charge in [-0.2, -0.15) is 5.11 Å². The van der Waals surface area contributed by atoms with Gasteiger partial charge in [0, 0.05) is 5.39 Å². The predicted octanol–water partition coefficient (Wildman–Crippen LogP) is 4.02. The van der Waals surface area contributed by atoms with Gasteiger partial charge in [-0.1, -0.05) is 30.3 Å². The summed E-state index contributed by atoms with van der Waals surface area (Å²) in [6.45, 7) is 0.000646. The van der Waals surface area contributed by atoms with Gasteiger partial charge in [-0.3, -0.25) is 4.79 Å². The van der Waals surface area contributed by atoms with Gasteiger partial charge in [0.25, 0.3) is 5.91 Å². The van der Waals surface area contributed by atoms with Crippen molar-refractivity contribution >= 4 is 39.8 Å². The molecule has 1 aliphatic rings. The van der Waals surface area contributed by atoms with Crippen LogP contribution in [0.3, 0.4) is 0 Å². The van der Waals surface area contributed by atoms with Crippen molar-refractivity contribution in [2.45, 2.75) is 0 Å². The number of hydrogen-bond donors (Lipinski definition) is 2. The highest BCUT2D eigenvalue weighted by Gasteiger charge is 2.29. The fourth-order valence-electron chi connectivity index (χ4n) is 2.81. The number of anilines is 1. The Labute approximate surface area is 148 Å². The second-order valence-corrected chi connectivity index (χ2v) is 5.76. The summed E-state index contributed by atoms with van der Waals surface area (Å²) < 4.78 is 0. The molecule has 2 N–H and O–H groups in total. The number of phenols is 1. The summed E-state index contributed by atoms with van der Waals surface area (Å²) in [5, 5.41) is 22.6. The Morgan fingerprint density at radius 2 is 1.69 bits per heavy atom. The number of nitrogens with zero attached hydrogens (tertiary/aromatic N) is 3. The van der Waals surface area contributed by atoms with E-state index in [1.165, 1.54) is 0 Å². The van der Waals surface area contributed by atoms with Gasteiger partial charge < -0.3 is 10.4 Å². The van der Waals surface area contributed by atoms with E-state index in [0.717, 1.165) is 15.7 Å². The number of phenolic OH excluding ortho intramolecular Hbond substituents is 1. The first-order valence-corrected chi connectivity index (χ1v) is 7.97. The van der Waals surface area contributed by atoms with Gasteiger partial charge >= 0.3 is 6.03 Å². The van der Waals surface area contributed by atoms with Crippen LogP contribution in [0.4, 0.5) is 21.9 Å². The molecule has 0 radical (unpaired) electrons. The molecule has 3 aromatic carbocycles. The number of urea groups is 1. The lowest BCUT2D eigenvalue weighted by Crippen LogP contribution is -2.30. The van der Waals surface area contributed by atoms with E-state index in [1.54, 1.807) is 30.3 Å². The molecule has 1 fully saturated rings. The summed E-state index contributed by atoms with van der Waals surface area (Å²) in [5.41, 5.74) is 1.39. The molecule has 3 amide bonds.